The van der Waals surface area contributed by atoms with Crippen molar-refractivity contribution in [3.8, 4) is 0 Å². The molecule has 0 unspecified atom stereocenters. The van der Waals surface area contributed by atoms with Crippen LogP contribution in [0.15, 0.2) is 6.20 Å². The van der Waals surface area contributed by atoms with E-state index < -0.39 is 0 Å². The number of carbonyl (C=O) groups is 1. The lowest BCUT2D eigenvalue weighted by molar-refractivity contribution is 0.0946. The van der Waals surface area contributed by atoms with Crippen LogP contribution in [0.5, 0.6) is 0 Å². The highest BCUT2D eigenvalue weighted by Crippen LogP contribution is 2.12. The second-order valence-electron chi connectivity index (χ2n) is 5.37. The molecule has 0 atom stereocenters. The first-order valence-electron chi connectivity index (χ1n) is 7.10. The molecule has 7 heteroatoms. The predicted octanol–water partition coefficient (Wildman–Crippen LogP) is 0.267. The summed E-state index contributed by atoms with van der Waals surface area (Å²) in [5.74, 6) is 0.777. The average molecular weight is 288 g/mol. The molecule has 1 aliphatic rings. The second-order valence-corrected chi connectivity index (χ2v) is 5.37. The molecule has 0 saturated carbocycles. The standard InChI is InChI=1S/C14H20N6O/c1-9-11(10(2)19(3)18-9)6-16-14(21)12-8-20-5-4-15-7-13(20)17-12/h8,15H,4-7H2,1-3H3,(H,16,21). The third kappa shape index (κ3) is 2.56. The number of amides is 1. The van der Waals surface area contributed by atoms with Crippen LogP contribution < -0.4 is 10.6 Å². The maximum atomic E-state index is 12.2. The molecular weight excluding hydrogens is 268 g/mol. The number of nitrogens with zero attached hydrogens (tertiary/aromatic N) is 4. The van der Waals surface area contributed by atoms with Gasteiger partial charge in [0, 0.05) is 44.1 Å². The Morgan fingerprint density at radius 1 is 1.48 bits per heavy atom. The number of nitrogens with one attached hydrogen (secondary N) is 2. The maximum absolute atomic E-state index is 12.2. The van der Waals surface area contributed by atoms with Crippen LogP contribution >= 0.6 is 0 Å². The van der Waals surface area contributed by atoms with Crippen molar-refractivity contribution in [1.29, 1.82) is 0 Å². The lowest BCUT2D eigenvalue weighted by Gasteiger charge is -2.13. The van der Waals surface area contributed by atoms with E-state index in [4.69, 9.17) is 0 Å². The van der Waals surface area contributed by atoms with Gasteiger partial charge in [0.25, 0.3) is 5.91 Å². The van der Waals surface area contributed by atoms with E-state index in [0.717, 1.165) is 35.9 Å². The fourth-order valence-corrected chi connectivity index (χ4v) is 2.63. The quantitative estimate of drug-likeness (QED) is 0.850. The van der Waals surface area contributed by atoms with E-state index in [1.54, 1.807) is 0 Å². The van der Waals surface area contributed by atoms with Crippen LogP contribution in [-0.4, -0.2) is 31.8 Å². The lowest BCUT2D eigenvalue weighted by atomic mass is 10.2. The summed E-state index contributed by atoms with van der Waals surface area (Å²) in [4.78, 5) is 16.6. The van der Waals surface area contributed by atoms with Gasteiger partial charge in [0.2, 0.25) is 0 Å². The molecule has 1 aliphatic heterocycles. The summed E-state index contributed by atoms with van der Waals surface area (Å²) < 4.78 is 3.86. The lowest BCUT2D eigenvalue weighted by Crippen LogP contribution is -2.27. The van der Waals surface area contributed by atoms with Crippen LogP contribution in [0.3, 0.4) is 0 Å². The van der Waals surface area contributed by atoms with E-state index in [0.29, 0.717) is 18.8 Å². The van der Waals surface area contributed by atoms with Crippen molar-refractivity contribution in [3.05, 3.63) is 34.7 Å². The molecule has 0 spiro atoms. The molecule has 112 valence electrons. The van der Waals surface area contributed by atoms with E-state index in [9.17, 15) is 4.79 Å². The molecule has 1 amide bonds. The largest absolute Gasteiger partial charge is 0.346 e. The molecule has 2 aromatic heterocycles. The molecule has 0 aliphatic carbocycles. The normalized spacial score (nSPS) is 14.0. The van der Waals surface area contributed by atoms with Gasteiger partial charge in [0.1, 0.15) is 11.5 Å². The van der Waals surface area contributed by atoms with Crippen molar-refractivity contribution in [3.63, 3.8) is 0 Å². The van der Waals surface area contributed by atoms with Gasteiger partial charge in [-0.05, 0) is 13.8 Å². The Hall–Kier alpha value is -2.15. The van der Waals surface area contributed by atoms with Crippen molar-refractivity contribution < 1.29 is 4.79 Å². The van der Waals surface area contributed by atoms with Crippen LogP contribution in [0.1, 0.15) is 33.3 Å². The summed E-state index contributed by atoms with van der Waals surface area (Å²) in [6, 6.07) is 0. The van der Waals surface area contributed by atoms with Crippen LogP contribution in [0.4, 0.5) is 0 Å². The van der Waals surface area contributed by atoms with Gasteiger partial charge < -0.3 is 15.2 Å². The summed E-state index contributed by atoms with van der Waals surface area (Å²) in [6.45, 7) is 6.92. The Balaban J connectivity index is 1.70. The molecule has 0 radical (unpaired) electrons. The van der Waals surface area contributed by atoms with E-state index in [-0.39, 0.29) is 5.91 Å². The summed E-state index contributed by atoms with van der Waals surface area (Å²) in [5.41, 5.74) is 3.56. The minimum absolute atomic E-state index is 0.139. The molecule has 3 rings (SSSR count). The number of hydrogen-bond acceptors (Lipinski definition) is 4. The summed E-state index contributed by atoms with van der Waals surface area (Å²) in [5, 5.41) is 10.5. The van der Waals surface area contributed by atoms with Gasteiger partial charge >= 0.3 is 0 Å². The SMILES string of the molecule is Cc1nn(C)c(C)c1CNC(=O)c1cn2c(n1)CNCC2. The minimum atomic E-state index is -0.139. The van der Waals surface area contributed by atoms with Crippen LogP contribution in [0.2, 0.25) is 0 Å². The number of imidazole rings is 1. The van der Waals surface area contributed by atoms with Gasteiger partial charge in [0.05, 0.1) is 12.2 Å². The highest BCUT2D eigenvalue weighted by molar-refractivity contribution is 5.92. The number of hydrogen-bond donors (Lipinski definition) is 2. The van der Waals surface area contributed by atoms with Gasteiger partial charge in [-0.1, -0.05) is 0 Å². The van der Waals surface area contributed by atoms with Crippen molar-refractivity contribution in [2.24, 2.45) is 7.05 Å². The van der Waals surface area contributed by atoms with E-state index in [1.165, 1.54) is 0 Å². The molecular formula is C14H20N6O. The smallest absolute Gasteiger partial charge is 0.271 e. The van der Waals surface area contributed by atoms with Crippen molar-refractivity contribution in [1.82, 2.24) is 30.0 Å². The van der Waals surface area contributed by atoms with Gasteiger partial charge in [-0.2, -0.15) is 5.10 Å². The third-order valence-corrected chi connectivity index (χ3v) is 3.99. The number of aromatic nitrogens is 4. The van der Waals surface area contributed by atoms with Gasteiger partial charge in [0.15, 0.2) is 0 Å². The predicted molar refractivity (Wildman–Crippen MR) is 77.8 cm³/mol. The number of aryl methyl sites for hydroxylation is 2. The third-order valence-electron chi connectivity index (χ3n) is 3.99. The monoisotopic (exact) mass is 288 g/mol. The molecule has 21 heavy (non-hydrogen) atoms. The molecule has 0 aromatic carbocycles. The average Bonchev–Trinajstić information content (AvgIpc) is 2.99. The highest BCUT2D eigenvalue weighted by Gasteiger charge is 2.17. The van der Waals surface area contributed by atoms with Crippen LogP contribution in [-0.2, 0) is 26.7 Å². The van der Waals surface area contributed by atoms with Gasteiger partial charge in [-0.25, -0.2) is 4.98 Å². The van der Waals surface area contributed by atoms with Gasteiger partial charge in [-0.15, -0.1) is 0 Å². The fourth-order valence-electron chi connectivity index (χ4n) is 2.63. The summed E-state index contributed by atoms with van der Waals surface area (Å²) >= 11 is 0. The molecule has 0 bridgehead atoms. The number of rotatable bonds is 3. The summed E-state index contributed by atoms with van der Waals surface area (Å²) in [6.07, 6.45) is 1.83. The first-order chi connectivity index (χ1) is 10.1. The Labute approximate surface area is 123 Å². The second kappa shape index (κ2) is 5.33. The van der Waals surface area contributed by atoms with E-state index >= 15 is 0 Å². The van der Waals surface area contributed by atoms with Gasteiger partial charge in [-0.3, -0.25) is 9.48 Å². The molecule has 7 nitrogen and oxygen atoms in total. The van der Waals surface area contributed by atoms with Crippen molar-refractivity contribution >= 4 is 5.91 Å². The maximum Gasteiger partial charge on any atom is 0.271 e. The molecule has 2 N–H and O–H groups in total. The topological polar surface area (TPSA) is 76.8 Å². The Bertz CT molecular complexity index is 660. The zero-order valence-corrected chi connectivity index (χ0v) is 12.6. The number of carbonyl (C=O) groups excluding carboxylic acids is 1. The van der Waals surface area contributed by atoms with Crippen molar-refractivity contribution in [2.45, 2.75) is 33.5 Å². The Morgan fingerprint density at radius 3 is 2.95 bits per heavy atom. The van der Waals surface area contributed by atoms with Crippen LogP contribution in [0.25, 0.3) is 0 Å². The fraction of sp³-hybridized carbons (Fsp3) is 0.500. The van der Waals surface area contributed by atoms with E-state index in [1.807, 2.05) is 36.3 Å². The number of fused-ring (bicyclic) bond motifs is 1. The first-order valence-corrected chi connectivity index (χ1v) is 7.10. The van der Waals surface area contributed by atoms with Crippen LogP contribution in [0, 0.1) is 13.8 Å². The highest BCUT2D eigenvalue weighted by atomic mass is 16.1. The first kappa shape index (κ1) is 13.8. The van der Waals surface area contributed by atoms with Crippen molar-refractivity contribution in [2.75, 3.05) is 6.54 Å². The zero-order chi connectivity index (χ0) is 15.0. The molecule has 0 saturated heterocycles. The van der Waals surface area contributed by atoms with E-state index in [2.05, 4.69) is 20.7 Å². The molecule has 2 aromatic rings. The zero-order valence-electron chi connectivity index (χ0n) is 12.6. The molecule has 0 fully saturated rings. The Morgan fingerprint density at radius 2 is 2.29 bits per heavy atom. The minimum Gasteiger partial charge on any atom is -0.346 e. The summed E-state index contributed by atoms with van der Waals surface area (Å²) in [7, 11) is 1.91. The molecule has 3 heterocycles. The Kier molecular flexibility index (Phi) is 3.50.